The number of amides is 2. The van der Waals surface area contributed by atoms with Gasteiger partial charge in [-0.1, -0.05) is 65.7 Å². The zero-order chi connectivity index (χ0) is 29.2. The normalized spacial score (nSPS) is 26.8. The molecule has 2 aliphatic heterocycles. The molecule has 0 aromatic heterocycles. The maximum atomic E-state index is 13.7. The molecular formula is C31H37Cl3N4O3. The number of hydrogen-bond donors (Lipinski definition) is 2. The molecule has 4 rings (SSSR count). The van der Waals surface area contributed by atoms with Gasteiger partial charge in [0.05, 0.1) is 19.3 Å². The number of nitrogens with zero attached hydrogens (tertiary/aromatic N) is 2. The Morgan fingerprint density at radius 1 is 1.07 bits per heavy atom. The van der Waals surface area contributed by atoms with Crippen molar-refractivity contribution in [2.45, 2.75) is 37.9 Å². The van der Waals surface area contributed by atoms with Crippen molar-refractivity contribution in [2.24, 2.45) is 0 Å². The topological polar surface area (TPSA) is 73.9 Å². The molecule has 2 heterocycles. The van der Waals surface area contributed by atoms with E-state index in [4.69, 9.17) is 39.5 Å². The van der Waals surface area contributed by atoms with E-state index in [1.54, 1.807) is 30.4 Å². The molecule has 1 aromatic rings. The molecule has 3 aliphatic rings. The largest absolute Gasteiger partial charge is 0.379 e. The Hall–Kier alpha value is -2.39. The SMILES string of the molecule is C=C1/C=C\C(Cl)=C/C/C=C\C(C(=O)NC[C@@H]2CCN(Cc3cc(Cl)cc(Cl)c3)C(=O)[C@H](CCN3CCOCC3)N2)=C/1. The number of allylic oxidation sites excluding steroid dienone is 7. The summed E-state index contributed by atoms with van der Waals surface area (Å²) in [6, 6.07) is 4.90. The lowest BCUT2D eigenvalue weighted by molar-refractivity contribution is -0.133. The van der Waals surface area contributed by atoms with Crippen LogP contribution in [-0.2, 0) is 20.9 Å². The van der Waals surface area contributed by atoms with Crippen LogP contribution in [0.3, 0.4) is 0 Å². The van der Waals surface area contributed by atoms with Gasteiger partial charge in [-0.05, 0) is 60.8 Å². The van der Waals surface area contributed by atoms with E-state index in [1.165, 1.54) is 0 Å². The lowest BCUT2D eigenvalue weighted by atomic mass is 10.1. The first-order chi connectivity index (χ1) is 19.8. The molecule has 2 saturated heterocycles. The van der Waals surface area contributed by atoms with E-state index in [1.807, 2.05) is 29.2 Å². The van der Waals surface area contributed by atoms with Gasteiger partial charge in [0.1, 0.15) is 0 Å². The number of carbonyl (C=O) groups excluding carboxylic acids is 2. The van der Waals surface area contributed by atoms with E-state index in [9.17, 15) is 9.59 Å². The van der Waals surface area contributed by atoms with Gasteiger partial charge in [-0.25, -0.2) is 0 Å². The average Bonchev–Trinajstić information content (AvgIpc) is 3.09. The highest BCUT2D eigenvalue weighted by Gasteiger charge is 2.31. The molecule has 0 bridgehead atoms. The third-order valence-electron chi connectivity index (χ3n) is 7.24. The van der Waals surface area contributed by atoms with Crippen LogP contribution in [0, 0.1) is 0 Å². The lowest BCUT2D eigenvalue weighted by Crippen LogP contribution is -2.50. The van der Waals surface area contributed by atoms with Crippen LogP contribution in [0.1, 0.15) is 24.8 Å². The Balaban J connectivity index is 1.43. The van der Waals surface area contributed by atoms with Gasteiger partial charge in [-0.3, -0.25) is 14.5 Å². The van der Waals surface area contributed by atoms with Crippen molar-refractivity contribution in [1.29, 1.82) is 0 Å². The van der Waals surface area contributed by atoms with Crippen LogP contribution in [0.2, 0.25) is 10.0 Å². The van der Waals surface area contributed by atoms with Crippen LogP contribution in [0.25, 0.3) is 0 Å². The first-order valence-electron chi connectivity index (χ1n) is 14.0. The van der Waals surface area contributed by atoms with Gasteiger partial charge in [0, 0.05) is 66.0 Å². The fourth-order valence-electron chi connectivity index (χ4n) is 5.05. The van der Waals surface area contributed by atoms with Crippen molar-refractivity contribution in [2.75, 3.05) is 45.9 Å². The first-order valence-corrected chi connectivity index (χ1v) is 15.1. The number of benzene rings is 1. The van der Waals surface area contributed by atoms with Crippen molar-refractivity contribution < 1.29 is 14.3 Å². The van der Waals surface area contributed by atoms with Gasteiger partial charge >= 0.3 is 0 Å². The predicted octanol–water partition coefficient (Wildman–Crippen LogP) is 5.01. The summed E-state index contributed by atoms with van der Waals surface area (Å²) in [6.45, 7) is 9.26. The van der Waals surface area contributed by atoms with Crippen LogP contribution in [0.5, 0.6) is 0 Å². The van der Waals surface area contributed by atoms with Gasteiger partial charge in [-0.2, -0.15) is 0 Å². The van der Waals surface area contributed by atoms with Gasteiger partial charge < -0.3 is 20.3 Å². The minimum absolute atomic E-state index is 0.0379. The zero-order valence-electron chi connectivity index (χ0n) is 23.1. The van der Waals surface area contributed by atoms with Crippen LogP contribution in [0.4, 0.5) is 0 Å². The maximum Gasteiger partial charge on any atom is 0.251 e. The highest BCUT2D eigenvalue weighted by molar-refractivity contribution is 6.34. The molecule has 10 heteroatoms. The fourth-order valence-corrected chi connectivity index (χ4v) is 5.77. The van der Waals surface area contributed by atoms with Crippen LogP contribution < -0.4 is 10.6 Å². The van der Waals surface area contributed by atoms with Crippen molar-refractivity contribution in [1.82, 2.24) is 20.4 Å². The van der Waals surface area contributed by atoms with Crippen molar-refractivity contribution in [3.8, 4) is 0 Å². The molecule has 2 amide bonds. The third-order valence-corrected chi connectivity index (χ3v) is 7.96. The Morgan fingerprint density at radius 3 is 2.59 bits per heavy atom. The summed E-state index contributed by atoms with van der Waals surface area (Å²) in [7, 11) is 0. The second-order valence-corrected chi connectivity index (χ2v) is 11.7. The summed E-state index contributed by atoms with van der Waals surface area (Å²) in [5.41, 5.74) is 2.07. The van der Waals surface area contributed by atoms with Gasteiger partial charge in [-0.15, -0.1) is 0 Å². The second-order valence-electron chi connectivity index (χ2n) is 10.4. The van der Waals surface area contributed by atoms with Crippen molar-refractivity contribution in [3.63, 3.8) is 0 Å². The Labute approximate surface area is 257 Å². The average molecular weight is 620 g/mol. The molecule has 220 valence electrons. The van der Waals surface area contributed by atoms with E-state index in [-0.39, 0.29) is 23.9 Å². The number of morpholine rings is 1. The van der Waals surface area contributed by atoms with E-state index >= 15 is 0 Å². The van der Waals surface area contributed by atoms with Crippen LogP contribution in [-0.4, -0.2) is 79.6 Å². The van der Waals surface area contributed by atoms with Gasteiger partial charge in [0.15, 0.2) is 0 Å². The van der Waals surface area contributed by atoms with Crippen LogP contribution in [0.15, 0.2) is 77.4 Å². The fraction of sp³-hybridized carbons (Fsp3) is 0.419. The first kappa shape index (κ1) is 31.5. The second kappa shape index (κ2) is 15.7. The van der Waals surface area contributed by atoms with Crippen molar-refractivity contribution in [3.05, 3.63) is 93.0 Å². The number of rotatable bonds is 8. The third kappa shape index (κ3) is 10.1. The highest BCUT2D eigenvalue weighted by atomic mass is 35.5. The summed E-state index contributed by atoms with van der Waals surface area (Å²) in [5, 5.41) is 8.32. The molecule has 7 nitrogen and oxygen atoms in total. The zero-order valence-corrected chi connectivity index (χ0v) is 25.4. The number of hydrogen-bond acceptors (Lipinski definition) is 5. The molecule has 0 radical (unpaired) electrons. The standard InChI is InChI=1S/C31H37Cl3N4O3/c1-22-6-7-25(32)5-3-2-4-24(16-22)30(39)35-20-28-8-11-38(21-23-17-26(33)19-27(34)18-23)31(40)29(36-28)9-10-37-12-14-41-15-13-37/h2,4-7,16-19,28-29,36H,1,3,8-15,20-21H2,(H,35,39)/b4-2-,7-6-,24-16+,25-5+/t28-,29-/m0/s1. The number of carbonyl (C=O) groups is 2. The Bertz CT molecular complexity index is 1220. The smallest absolute Gasteiger partial charge is 0.251 e. The minimum Gasteiger partial charge on any atom is -0.379 e. The molecule has 2 fully saturated rings. The van der Waals surface area contributed by atoms with E-state index < -0.39 is 0 Å². The molecule has 2 N–H and O–H groups in total. The van der Waals surface area contributed by atoms with Crippen LogP contribution >= 0.6 is 34.8 Å². The lowest BCUT2D eigenvalue weighted by Gasteiger charge is -2.30. The molecule has 0 spiro atoms. The summed E-state index contributed by atoms with van der Waals surface area (Å²) >= 11 is 18.6. The molecule has 2 atom stereocenters. The summed E-state index contributed by atoms with van der Waals surface area (Å²) in [6.07, 6.45) is 12.8. The molecule has 1 aliphatic carbocycles. The quantitative estimate of drug-likeness (QED) is 0.428. The molecule has 1 aromatic carbocycles. The summed E-state index contributed by atoms with van der Waals surface area (Å²) in [4.78, 5) is 31.1. The number of halogens is 3. The Kier molecular flexibility index (Phi) is 12.1. The minimum atomic E-state index is -0.383. The monoisotopic (exact) mass is 618 g/mol. The summed E-state index contributed by atoms with van der Waals surface area (Å²) in [5.74, 6) is -0.157. The molecule has 0 saturated carbocycles. The number of nitrogens with one attached hydrogen (secondary N) is 2. The van der Waals surface area contributed by atoms with Gasteiger partial charge in [0.2, 0.25) is 5.91 Å². The van der Waals surface area contributed by atoms with Crippen molar-refractivity contribution >= 4 is 46.6 Å². The van der Waals surface area contributed by atoms with Gasteiger partial charge in [0.25, 0.3) is 5.91 Å². The predicted molar refractivity (Wildman–Crippen MR) is 166 cm³/mol. The molecule has 41 heavy (non-hydrogen) atoms. The van der Waals surface area contributed by atoms with E-state index in [0.29, 0.717) is 78.3 Å². The maximum absolute atomic E-state index is 13.7. The highest BCUT2D eigenvalue weighted by Crippen LogP contribution is 2.22. The molecular weight excluding hydrogens is 583 g/mol. The molecule has 0 unspecified atom stereocenters. The Morgan fingerprint density at radius 2 is 1.83 bits per heavy atom. The number of ether oxygens (including phenoxy) is 1. The summed E-state index contributed by atoms with van der Waals surface area (Å²) < 4.78 is 5.47. The van der Waals surface area contributed by atoms with E-state index in [2.05, 4.69) is 22.1 Å². The van der Waals surface area contributed by atoms with E-state index in [0.717, 1.165) is 25.2 Å².